The number of hydrogen-bond acceptors (Lipinski definition) is 3. The van der Waals surface area contributed by atoms with Crippen LogP contribution in [0.1, 0.15) is 0 Å². The lowest BCUT2D eigenvalue weighted by Gasteiger charge is -1.96. The highest BCUT2D eigenvalue weighted by atomic mass is 16.1. The molecule has 0 spiro atoms. The van der Waals surface area contributed by atoms with Crippen molar-refractivity contribution in [1.82, 2.24) is 5.43 Å². The predicted octanol–water partition coefficient (Wildman–Crippen LogP) is -0.153. The van der Waals surface area contributed by atoms with Crippen LogP contribution in [-0.4, -0.2) is 12.2 Å². The third kappa shape index (κ3) is 0.832. The van der Waals surface area contributed by atoms with Crippen LogP contribution in [-0.2, 0) is 4.79 Å². The maximum atomic E-state index is 9.81. The van der Waals surface area contributed by atoms with Gasteiger partial charge in [0.1, 0.15) is 5.70 Å². The highest BCUT2D eigenvalue weighted by Gasteiger charge is 1.89. The lowest BCUT2D eigenvalue weighted by Crippen LogP contribution is -2.06. The Kier molecular flexibility index (Phi) is 1.26. The second-order valence-electron chi connectivity index (χ2n) is 1.26. The summed E-state index contributed by atoms with van der Waals surface area (Å²) < 4.78 is 0. The third-order valence-electron chi connectivity index (χ3n) is 0.718. The summed E-state index contributed by atoms with van der Waals surface area (Å²) in [5.41, 5.74) is 2.81. The Morgan fingerprint density at radius 1 is 1.75 bits per heavy atom. The Labute approximate surface area is 46.4 Å². The van der Waals surface area contributed by atoms with E-state index < -0.39 is 0 Å². The van der Waals surface area contributed by atoms with Crippen LogP contribution in [0.25, 0.3) is 0 Å². The number of carbonyl (C=O) groups excluding carboxylic acids is 1. The molecule has 3 nitrogen and oxygen atoms in total. The van der Waals surface area contributed by atoms with E-state index in [1.54, 1.807) is 24.3 Å². The molecule has 0 radical (unpaired) electrons. The summed E-state index contributed by atoms with van der Waals surface area (Å²) in [6.45, 7) is 0. The zero-order valence-corrected chi connectivity index (χ0v) is 4.09. The molecule has 0 bridgehead atoms. The van der Waals surface area contributed by atoms with Gasteiger partial charge in [0.15, 0.2) is 5.94 Å². The largest absolute Gasteiger partial charge is 0.268 e. The Bertz CT molecular complexity index is 187. The van der Waals surface area contributed by atoms with Crippen LogP contribution < -0.4 is 5.43 Å². The molecule has 0 aromatic heterocycles. The molecule has 0 saturated heterocycles. The van der Waals surface area contributed by atoms with E-state index in [1.165, 1.54) is 0 Å². The van der Waals surface area contributed by atoms with Crippen molar-refractivity contribution in [3.8, 4) is 0 Å². The fourth-order valence-electron chi connectivity index (χ4n) is 0.383. The van der Waals surface area contributed by atoms with E-state index in [2.05, 4.69) is 10.5 Å². The lowest BCUT2D eigenvalue weighted by atomic mass is 10.4. The summed E-state index contributed by atoms with van der Waals surface area (Å²) in [5, 5.41) is 3.57. The van der Waals surface area contributed by atoms with Gasteiger partial charge in [-0.2, -0.15) is 5.10 Å². The summed E-state index contributed by atoms with van der Waals surface area (Å²) in [7, 11) is 0. The highest BCUT2D eigenvalue weighted by molar-refractivity contribution is 5.75. The topological polar surface area (TPSA) is 41.5 Å². The maximum absolute atomic E-state index is 9.81. The summed E-state index contributed by atoms with van der Waals surface area (Å²) in [5.74, 6) is 1.66. The molecule has 1 N–H and O–H groups in total. The van der Waals surface area contributed by atoms with Gasteiger partial charge in [0, 0.05) is 6.21 Å². The van der Waals surface area contributed by atoms with Crippen molar-refractivity contribution < 1.29 is 4.79 Å². The lowest BCUT2D eigenvalue weighted by molar-refractivity contribution is 0.565. The first-order valence-corrected chi connectivity index (χ1v) is 2.14. The minimum atomic E-state index is 0.368. The van der Waals surface area contributed by atoms with E-state index >= 15 is 0 Å². The molecule has 0 amide bonds. The van der Waals surface area contributed by atoms with Crippen molar-refractivity contribution >= 4 is 12.2 Å². The fraction of sp³-hybridized carbons (Fsp3) is 0. The van der Waals surface area contributed by atoms with Crippen molar-refractivity contribution in [1.29, 1.82) is 0 Å². The Morgan fingerprint density at radius 3 is 3.00 bits per heavy atom. The van der Waals surface area contributed by atoms with Gasteiger partial charge in [-0.25, -0.2) is 4.79 Å². The third-order valence-corrected chi connectivity index (χ3v) is 0.718. The van der Waals surface area contributed by atoms with Gasteiger partial charge in [-0.1, -0.05) is 0 Å². The number of nitrogens with zero attached hydrogens (tertiary/aromatic N) is 1. The van der Waals surface area contributed by atoms with E-state index in [9.17, 15) is 4.79 Å². The van der Waals surface area contributed by atoms with E-state index in [0.717, 1.165) is 0 Å². The quantitative estimate of drug-likeness (QED) is 0.438. The van der Waals surface area contributed by atoms with Crippen molar-refractivity contribution in [2.75, 3.05) is 0 Å². The van der Waals surface area contributed by atoms with E-state index in [1.807, 2.05) is 0 Å². The predicted molar refractivity (Wildman–Crippen MR) is 30.0 cm³/mol. The number of allylic oxidation sites excluding steroid dienone is 2. The average Bonchev–Trinajstić information content (AvgIpc) is 1.90. The Morgan fingerprint density at radius 2 is 2.62 bits per heavy atom. The summed E-state index contributed by atoms with van der Waals surface area (Å²) in [6.07, 6.45) is 4.82. The van der Waals surface area contributed by atoms with Crippen LogP contribution in [0.2, 0.25) is 0 Å². The molecule has 0 aliphatic carbocycles. The monoisotopic (exact) mass is 108 g/mol. The molecule has 3 heteroatoms. The van der Waals surface area contributed by atoms with Crippen molar-refractivity contribution in [3.63, 3.8) is 0 Å². The normalized spacial score (nSPS) is 15.2. The molecule has 0 saturated carbocycles. The first kappa shape index (κ1) is 4.81. The summed E-state index contributed by atoms with van der Waals surface area (Å²) in [4.78, 5) is 9.81. The SMILES string of the molecule is O=C=C1C=CC=NN1. The number of rotatable bonds is 0. The molecule has 40 valence electrons. The molecular weight excluding hydrogens is 104 g/mol. The molecule has 0 aromatic rings. The van der Waals surface area contributed by atoms with Gasteiger partial charge in [0.2, 0.25) is 0 Å². The molecule has 0 atom stereocenters. The zero-order valence-electron chi connectivity index (χ0n) is 4.09. The molecule has 1 heterocycles. The van der Waals surface area contributed by atoms with Gasteiger partial charge in [-0.3, -0.25) is 5.43 Å². The summed E-state index contributed by atoms with van der Waals surface area (Å²) in [6, 6.07) is 0. The van der Waals surface area contributed by atoms with Gasteiger partial charge in [-0.05, 0) is 12.2 Å². The van der Waals surface area contributed by atoms with Crippen molar-refractivity contribution in [3.05, 3.63) is 17.8 Å². The first-order chi connectivity index (χ1) is 3.93. The Hall–Kier alpha value is -1.34. The number of hydrogen-bond donors (Lipinski definition) is 1. The van der Waals surface area contributed by atoms with Gasteiger partial charge in [0.25, 0.3) is 0 Å². The van der Waals surface area contributed by atoms with E-state index in [4.69, 9.17) is 0 Å². The summed E-state index contributed by atoms with van der Waals surface area (Å²) >= 11 is 0. The van der Waals surface area contributed by atoms with Crippen LogP contribution in [0.4, 0.5) is 0 Å². The standard InChI is InChI=1S/C5H4N2O/c8-4-5-2-1-3-6-7-5/h1-3,7H. The minimum Gasteiger partial charge on any atom is -0.268 e. The van der Waals surface area contributed by atoms with Gasteiger partial charge in [-0.15, -0.1) is 0 Å². The molecular formula is C5H4N2O. The van der Waals surface area contributed by atoms with E-state index in [-0.39, 0.29) is 0 Å². The maximum Gasteiger partial charge on any atom is 0.152 e. The van der Waals surface area contributed by atoms with Crippen LogP contribution >= 0.6 is 0 Å². The minimum absolute atomic E-state index is 0.368. The van der Waals surface area contributed by atoms with Crippen LogP contribution in [0, 0.1) is 0 Å². The second kappa shape index (κ2) is 2.09. The first-order valence-electron chi connectivity index (χ1n) is 2.14. The van der Waals surface area contributed by atoms with Crippen LogP contribution in [0.3, 0.4) is 0 Å². The number of hydrazone groups is 1. The smallest absolute Gasteiger partial charge is 0.152 e. The second-order valence-corrected chi connectivity index (χ2v) is 1.26. The van der Waals surface area contributed by atoms with Gasteiger partial charge in [0.05, 0.1) is 0 Å². The van der Waals surface area contributed by atoms with Gasteiger partial charge >= 0.3 is 0 Å². The molecule has 1 aliphatic rings. The van der Waals surface area contributed by atoms with Crippen LogP contribution in [0.15, 0.2) is 23.0 Å². The molecule has 0 aromatic carbocycles. The van der Waals surface area contributed by atoms with E-state index in [0.29, 0.717) is 5.70 Å². The molecule has 1 aliphatic heterocycles. The van der Waals surface area contributed by atoms with Crippen molar-refractivity contribution in [2.45, 2.75) is 0 Å². The zero-order chi connectivity index (χ0) is 5.82. The number of nitrogens with one attached hydrogen (secondary N) is 1. The molecule has 8 heavy (non-hydrogen) atoms. The molecule has 1 rings (SSSR count). The molecule has 0 unspecified atom stereocenters. The highest BCUT2D eigenvalue weighted by Crippen LogP contribution is 1.87. The Balaban J connectivity index is 2.80. The van der Waals surface area contributed by atoms with Gasteiger partial charge < -0.3 is 0 Å². The van der Waals surface area contributed by atoms with Crippen LogP contribution in [0.5, 0.6) is 0 Å². The molecule has 0 fully saturated rings. The van der Waals surface area contributed by atoms with Crippen molar-refractivity contribution in [2.24, 2.45) is 5.10 Å². The fourth-order valence-corrected chi connectivity index (χ4v) is 0.383. The average molecular weight is 108 g/mol.